The zero-order valence-corrected chi connectivity index (χ0v) is 17.1. The highest BCUT2D eigenvalue weighted by Crippen LogP contribution is 2.34. The van der Waals surface area contributed by atoms with E-state index in [1.165, 1.54) is 11.6 Å². The van der Waals surface area contributed by atoms with Gasteiger partial charge in [-0.2, -0.15) is 0 Å². The first kappa shape index (κ1) is 19.1. The van der Waals surface area contributed by atoms with E-state index in [9.17, 15) is 10.1 Å². The van der Waals surface area contributed by atoms with Crippen LogP contribution in [0.15, 0.2) is 60.8 Å². The molecule has 148 valence electrons. The number of hydrogen-bond acceptors (Lipinski definition) is 3. The van der Waals surface area contributed by atoms with E-state index in [1.807, 2.05) is 24.4 Å². The summed E-state index contributed by atoms with van der Waals surface area (Å²) in [5, 5.41) is 15.3. The second-order valence-corrected chi connectivity index (χ2v) is 7.71. The van der Waals surface area contributed by atoms with Crippen LogP contribution in [0.25, 0.3) is 0 Å². The normalized spacial score (nSPS) is 15.7. The number of rotatable bonds is 3. The highest BCUT2D eigenvalue weighted by molar-refractivity contribution is 7.80. The monoisotopic (exact) mass is 406 g/mol. The van der Waals surface area contributed by atoms with E-state index < -0.39 is 0 Å². The highest BCUT2D eigenvalue weighted by atomic mass is 32.1. The van der Waals surface area contributed by atoms with Gasteiger partial charge < -0.3 is 14.8 Å². The molecule has 0 spiro atoms. The van der Waals surface area contributed by atoms with Crippen LogP contribution in [0.2, 0.25) is 0 Å². The summed E-state index contributed by atoms with van der Waals surface area (Å²) >= 11 is 5.78. The predicted octanol–water partition coefficient (Wildman–Crippen LogP) is 4.82. The van der Waals surface area contributed by atoms with E-state index in [2.05, 4.69) is 46.8 Å². The molecule has 29 heavy (non-hydrogen) atoms. The minimum Gasteiger partial charge on any atom is -0.348 e. The Morgan fingerprint density at radius 2 is 1.97 bits per heavy atom. The molecule has 0 fully saturated rings. The van der Waals surface area contributed by atoms with Gasteiger partial charge in [-0.3, -0.25) is 10.1 Å². The van der Waals surface area contributed by atoms with E-state index in [0.717, 1.165) is 29.1 Å². The molecule has 0 saturated carbocycles. The van der Waals surface area contributed by atoms with Crippen LogP contribution in [0, 0.1) is 24.0 Å². The molecule has 0 amide bonds. The number of non-ortho nitro benzene ring substituents is 1. The van der Waals surface area contributed by atoms with Gasteiger partial charge in [-0.1, -0.05) is 29.8 Å². The lowest BCUT2D eigenvalue weighted by Crippen LogP contribution is -2.44. The van der Waals surface area contributed by atoms with Gasteiger partial charge in [0.25, 0.3) is 5.69 Å². The number of nitrogens with zero attached hydrogens (tertiary/aromatic N) is 3. The van der Waals surface area contributed by atoms with Gasteiger partial charge in [0.05, 0.1) is 11.0 Å². The smallest absolute Gasteiger partial charge is 0.269 e. The zero-order chi connectivity index (χ0) is 20.5. The predicted molar refractivity (Wildman–Crippen MR) is 118 cm³/mol. The van der Waals surface area contributed by atoms with Gasteiger partial charge in [0.1, 0.15) is 0 Å². The Labute approximate surface area is 174 Å². The van der Waals surface area contributed by atoms with Crippen LogP contribution in [0.5, 0.6) is 0 Å². The molecule has 0 radical (unpaired) electrons. The average molecular weight is 407 g/mol. The molecule has 0 saturated heterocycles. The third kappa shape index (κ3) is 3.73. The number of nitrogens with one attached hydrogen (secondary N) is 1. The Morgan fingerprint density at radius 3 is 2.72 bits per heavy atom. The maximum absolute atomic E-state index is 11.3. The highest BCUT2D eigenvalue weighted by Gasteiger charge is 2.31. The van der Waals surface area contributed by atoms with Crippen LogP contribution in [-0.2, 0) is 6.54 Å². The van der Waals surface area contributed by atoms with Crippen LogP contribution in [0.3, 0.4) is 0 Å². The fourth-order valence-electron chi connectivity index (χ4n) is 3.90. The molecule has 1 N–H and O–H groups in total. The van der Waals surface area contributed by atoms with Crippen molar-refractivity contribution in [3.8, 4) is 0 Å². The first-order chi connectivity index (χ1) is 13.9. The summed E-state index contributed by atoms with van der Waals surface area (Å²) in [6.45, 7) is 5.64. The van der Waals surface area contributed by atoms with Crippen molar-refractivity contribution in [3.63, 3.8) is 0 Å². The summed E-state index contributed by atoms with van der Waals surface area (Å²) in [4.78, 5) is 13.1. The standard InChI is InChI=1S/C22H22N4O2S/c1-15-8-9-19(16(2)13-15)23-22(29)25-12-11-24-10-4-7-20(24)21(25)17-5-3-6-18(14-17)26(27)28/h3-10,13-14,21H,11-12H2,1-2H3,(H,23,29)/t21-/m1/s1. The molecule has 2 heterocycles. The molecule has 4 rings (SSSR count). The number of aromatic nitrogens is 1. The molecule has 7 heteroatoms. The van der Waals surface area contributed by atoms with Crippen molar-refractivity contribution >= 4 is 28.7 Å². The number of hydrogen-bond donors (Lipinski definition) is 1. The molecule has 1 aliphatic heterocycles. The molecule has 1 aliphatic rings. The quantitative estimate of drug-likeness (QED) is 0.384. The molecular weight excluding hydrogens is 384 g/mol. The number of benzene rings is 2. The second kappa shape index (κ2) is 7.67. The van der Waals surface area contributed by atoms with Gasteiger partial charge in [0.15, 0.2) is 5.11 Å². The maximum atomic E-state index is 11.3. The van der Waals surface area contributed by atoms with Crippen molar-refractivity contribution in [3.05, 3.63) is 93.3 Å². The molecular formula is C22H22N4O2S. The van der Waals surface area contributed by atoms with Gasteiger partial charge in [-0.05, 0) is 55.4 Å². The van der Waals surface area contributed by atoms with E-state index in [0.29, 0.717) is 11.7 Å². The second-order valence-electron chi connectivity index (χ2n) is 7.32. The number of anilines is 1. The van der Waals surface area contributed by atoms with Crippen molar-refractivity contribution in [2.75, 3.05) is 11.9 Å². The van der Waals surface area contributed by atoms with Gasteiger partial charge in [-0.25, -0.2) is 0 Å². The van der Waals surface area contributed by atoms with Crippen LogP contribution >= 0.6 is 12.2 Å². The van der Waals surface area contributed by atoms with E-state index in [-0.39, 0.29) is 16.7 Å². The molecule has 3 aromatic rings. The fourth-order valence-corrected chi connectivity index (χ4v) is 4.21. The SMILES string of the molecule is Cc1ccc(NC(=S)N2CCn3cccc3[C@H]2c2cccc([N+](=O)[O-])c2)c(C)c1. The van der Waals surface area contributed by atoms with Crippen molar-refractivity contribution in [2.24, 2.45) is 0 Å². The topological polar surface area (TPSA) is 63.3 Å². The van der Waals surface area contributed by atoms with Crippen molar-refractivity contribution < 1.29 is 4.92 Å². The first-order valence-electron chi connectivity index (χ1n) is 9.48. The summed E-state index contributed by atoms with van der Waals surface area (Å²) in [5.74, 6) is 0. The summed E-state index contributed by atoms with van der Waals surface area (Å²) < 4.78 is 2.18. The Balaban J connectivity index is 1.70. The summed E-state index contributed by atoms with van der Waals surface area (Å²) in [6.07, 6.45) is 2.04. The molecule has 1 atom stereocenters. The Kier molecular flexibility index (Phi) is 5.07. The first-order valence-corrected chi connectivity index (χ1v) is 9.89. The fraction of sp³-hybridized carbons (Fsp3) is 0.227. The molecule has 6 nitrogen and oxygen atoms in total. The van der Waals surface area contributed by atoms with E-state index in [4.69, 9.17) is 12.2 Å². The summed E-state index contributed by atoms with van der Waals surface area (Å²) in [6, 6.07) is 16.9. The molecule has 1 aromatic heterocycles. The van der Waals surface area contributed by atoms with Gasteiger partial charge in [0, 0.05) is 42.8 Å². The van der Waals surface area contributed by atoms with Crippen LogP contribution < -0.4 is 5.32 Å². The van der Waals surface area contributed by atoms with Gasteiger partial charge in [0.2, 0.25) is 0 Å². The third-order valence-electron chi connectivity index (χ3n) is 5.32. The Hall–Kier alpha value is -3.19. The lowest BCUT2D eigenvalue weighted by atomic mass is 9.99. The molecule has 2 aromatic carbocycles. The maximum Gasteiger partial charge on any atom is 0.269 e. The van der Waals surface area contributed by atoms with Crippen molar-refractivity contribution in [2.45, 2.75) is 26.4 Å². The van der Waals surface area contributed by atoms with E-state index >= 15 is 0 Å². The average Bonchev–Trinajstić information content (AvgIpc) is 3.18. The lowest BCUT2D eigenvalue weighted by Gasteiger charge is -2.39. The van der Waals surface area contributed by atoms with Crippen molar-refractivity contribution in [1.29, 1.82) is 0 Å². The number of nitro groups is 1. The number of thiocarbonyl (C=S) groups is 1. The van der Waals surface area contributed by atoms with Crippen molar-refractivity contribution in [1.82, 2.24) is 9.47 Å². The van der Waals surface area contributed by atoms with Gasteiger partial charge in [-0.15, -0.1) is 0 Å². The largest absolute Gasteiger partial charge is 0.348 e. The zero-order valence-electron chi connectivity index (χ0n) is 16.3. The minimum atomic E-state index is -0.359. The van der Waals surface area contributed by atoms with Crippen LogP contribution in [0.1, 0.15) is 28.4 Å². The van der Waals surface area contributed by atoms with E-state index in [1.54, 1.807) is 12.1 Å². The Morgan fingerprint density at radius 1 is 1.14 bits per heavy atom. The van der Waals surface area contributed by atoms with Gasteiger partial charge >= 0.3 is 0 Å². The van der Waals surface area contributed by atoms with Crippen LogP contribution in [-0.4, -0.2) is 26.0 Å². The minimum absolute atomic E-state index is 0.0828. The number of nitro benzene ring substituents is 1. The summed E-state index contributed by atoms with van der Waals surface area (Å²) in [7, 11) is 0. The third-order valence-corrected chi connectivity index (χ3v) is 5.66. The van der Waals surface area contributed by atoms with Crippen LogP contribution in [0.4, 0.5) is 11.4 Å². The number of aryl methyl sites for hydroxylation is 2. The Bertz CT molecular complexity index is 1090. The summed E-state index contributed by atoms with van der Waals surface area (Å²) in [5.41, 5.74) is 5.30. The lowest BCUT2D eigenvalue weighted by molar-refractivity contribution is -0.384. The molecule has 0 aliphatic carbocycles. The number of fused-ring (bicyclic) bond motifs is 1. The molecule has 0 bridgehead atoms. The molecule has 0 unspecified atom stereocenters.